The fourth-order valence-corrected chi connectivity index (χ4v) is 9.40. The second-order valence-electron chi connectivity index (χ2n) is 14.9. The molecule has 0 spiro atoms. The molecule has 4 atom stereocenters. The summed E-state index contributed by atoms with van der Waals surface area (Å²) in [4.78, 5) is 11.8. The van der Waals surface area contributed by atoms with Gasteiger partial charge >= 0.3 is 5.97 Å². The number of hydrogen-bond acceptors (Lipinski definition) is 5. The molecule has 0 amide bonds. The van der Waals surface area contributed by atoms with E-state index in [1.807, 2.05) is 43.3 Å². The molecule has 2 fully saturated rings. The molecule has 0 bridgehead atoms. The number of benzene rings is 4. The average molecular weight is 722 g/mol. The first-order chi connectivity index (χ1) is 25.0. The minimum absolute atomic E-state index is 0.0812. The van der Waals surface area contributed by atoms with Crippen LogP contribution in [0.1, 0.15) is 75.2 Å². The fourth-order valence-electron chi connectivity index (χ4n) is 7.90. The summed E-state index contributed by atoms with van der Waals surface area (Å²) in [6.07, 6.45) is 3.31. The number of piperidine rings is 1. The van der Waals surface area contributed by atoms with Crippen molar-refractivity contribution in [3.8, 4) is 16.9 Å². The van der Waals surface area contributed by atoms with E-state index in [2.05, 4.69) is 69.0 Å². The molecule has 4 aromatic rings. The maximum Gasteiger partial charge on any atom is 0.341 e. The van der Waals surface area contributed by atoms with Crippen molar-refractivity contribution in [1.29, 1.82) is 0 Å². The summed E-state index contributed by atoms with van der Waals surface area (Å²) in [7, 11) is -3.84. The van der Waals surface area contributed by atoms with Crippen LogP contribution in [-0.4, -0.2) is 49.6 Å². The van der Waals surface area contributed by atoms with Crippen LogP contribution in [0.15, 0.2) is 120 Å². The first-order valence-electron chi connectivity index (χ1n) is 18.5. The smallest absolute Gasteiger partial charge is 0.341 e. The molecule has 274 valence electrons. The van der Waals surface area contributed by atoms with Gasteiger partial charge in [-0.1, -0.05) is 111 Å². The summed E-state index contributed by atoms with van der Waals surface area (Å²) >= 11 is 0. The minimum atomic E-state index is -3.84. The van der Waals surface area contributed by atoms with Crippen LogP contribution in [0.2, 0.25) is 0 Å². The van der Waals surface area contributed by atoms with Crippen molar-refractivity contribution in [1.82, 2.24) is 4.31 Å². The number of carboxylic acid groups (broad SMARTS) is 1. The Hall–Kier alpha value is -4.24. The van der Waals surface area contributed by atoms with Crippen LogP contribution >= 0.6 is 0 Å². The maximum atomic E-state index is 14.2. The molecular weight excluding hydrogens is 671 g/mol. The Kier molecular flexibility index (Phi) is 12.0. The van der Waals surface area contributed by atoms with E-state index in [0.29, 0.717) is 36.2 Å². The molecule has 52 heavy (non-hydrogen) atoms. The third-order valence-electron chi connectivity index (χ3n) is 10.6. The van der Waals surface area contributed by atoms with E-state index in [1.54, 1.807) is 16.4 Å². The zero-order valence-electron chi connectivity index (χ0n) is 30.5. The van der Waals surface area contributed by atoms with Gasteiger partial charge in [-0.2, -0.15) is 4.31 Å². The molecule has 0 unspecified atom stereocenters. The molecule has 0 radical (unpaired) electrons. The Morgan fingerprint density at radius 1 is 0.923 bits per heavy atom. The number of carbonyl (C=O) groups is 1. The van der Waals surface area contributed by atoms with E-state index in [1.165, 1.54) is 17.2 Å². The highest BCUT2D eigenvalue weighted by molar-refractivity contribution is 7.89. The van der Waals surface area contributed by atoms with Gasteiger partial charge in [0.15, 0.2) is 6.61 Å². The van der Waals surface area contributed by atoms with E-state index in [0.717, 1.165) is 48.8 Å². The van der Waals surface area contributed by atoms with Gasteiger partial charge in [0.1, 0.15) is 5.75 Å². The van der Waals surface area contributed by atoms with Crippen molar-refractivity contribution in [2.45, 2.75) is 75.9 Å². The SMILES string of the molecule is C=C(C)[C@@H]1C[C@@H](c2ccc(-c3ccccc3)cc2)[C@@H](CC(C)C)O[C@H]1c1cc(S(=O)(=O)N2CCC(Cc3ccccc3)CC2)ccc1OCC(=O)O. The lowest BCUT2D eigenvalue weighted by atomic mass is 9.74. The number of sulfonamides is 1. The van der Waals surface area contributed by atoms with Gasteiger partial charge in [-0.3, -0.25) is 0 Å². The highest BCUT2D eigenvalue weighted by Gasteiger charge is 2.42. The first kappa shape index (κ1) is 37.5. The van der Waals surface area contributed by atoms with Gasteiger partial charge in [0, 0.05) is 30.5 Å². The molecule has 6 rings (SSSR count). The average Bonchev–Trinajstić information content (AvgIpc) is 3.14. The first-order valence-corrected chi connectivity index (χ1v) is 19.9. The maximum absolute atomic E-state index is 14.2. The molecule has 2 aliphatic rings. The summed E-state index contributed by atoms with van der Waals surface area (Å²) < 4.78 is 42.9. The standard InChI is InChI=1S/C44H51NO6S/c1-30(2)25-42-39(36-17-15-35(16-18-36)34-13-9-6-10-14-34)28-38(31(3)4)44(51-42)40-27-37(19-20-41(40)50-29-43(46)47)52(48,49)45-23-21-33(22-24-45)26-32-11-7-5-8-12-32/h5-20,27,30,33,38-39,42,44H,3,21-26,28-29H2,1-2,4H3,(H,46,47)/t38-,39-,42+,44+/m0/s1. The Morgan fingerprint density at radius 2 is 1.56 bits per heavy atom. The van der Waals surface area contributed by atoms with E-state index >= 15 is 0 Å². The predicted molar refractivity (Wildman–Crippen MR) is 206 cm³/mol. The lowest BCUT2D eigenvalue weighted by Crippen LogP contribution is -2.39. The molecule has 0 aromatic heterocycles. The quantitative estimate of drug-likeness (QED) is 0.138. The van der Waals surface area contributed by atoms with Crippen molar-refractivity contribution >= 4 is 16.0 Å². The third kappa shape index (κ3) is 8.85. The van der Waals surface area contributed by atoms with Crippen LogP contribution in [0.4, 0.5) is 0 Å². The monoisotopic (exact) mass is 721 g/mol. The lowest BCUT2D eigenvalue weighted by molar-refractivity contribution is -0.139. The van der Waals surface area contributed by atoms with Crippen LogP contribution in [0.3, 0.4) is 0 Å². The van der Waals surface area contributed by atoms with Crippen molar-refractivity contribution in [3.05, 3.63) is 132 Å². The number of carboxylic acids is 1. The predicted octanol–water partition coefficient (Wildman–Crippen LogP) is 9.31. The van der Waals surface area contributed by atoms with Crippen LogP contribution in [0.5, 0.6) is 5.75 Å². The minimum Gasteiger partial charge on any atom is -0.482 e. The van der Waals surface area contributed by atoms with Gasteiger partial charge in [-0.15, -0.1) is 0 Å². The van der Waals surface area contributed by atoms with E-state index < -0.39 is 28.7 Å². The van der Waals surface area contributed by atoms with Crippen molar-refractivity contribution in [2.24, 2.45) is 17.8 Å². The van der Waals surface area contributed by atoms with Crippen LogP contribution in [0, 0.1) is 17.8 Å². The topological polar surface area (TPSA) is 93.1 Å². The second-order valence-corrected chi connectivity index (χ2v) is 16.9. The summed E-state index contributed by atoms with van der Waals surface area (Å²) in [5, 5.41) is 9.51. The molecule has 8 heteroatoms. The van der Waals surface area contributed by atoms with Gasteiger partial charge in [-0.05, 0) is 91.3 Å². The number of ether oxygens (including phenoxy) is 2. The van der Waals surface area contributed by atoms with Crippen LogP contribution in [-0.2, 0) is 26.0 Å². The molecule has 2 aliphatic heterocycles. The van der Waals surface area contributed by atoms with Crippen molar-refractivity contribution < 1.29 is 27.8 Å². The molecule has 4 aromatic carbocycles. The molecule has 1 N–H and O–H groups in total. The number of hydrogen-bond donors (Lipinski definition) is 1. The van der Waals surface area contributed by atoms with Crippen molar-refractivity contribution in [3.63, 3.8) is 0 Å². The van der Waals surface area contributed by atoms with E-state index in [-0.39, 0.29) is 22.8 Å². The van der Waals surface area contributed by atoms with Crippen molar-refractivity contribution in [2.75, 3.05) is 19.7 Å². The van der Waals surface area contributed by atoms with Gasteiger partial charge < -0.3 is 14.6 Å². The Balaban J connectivity index is 1.29. The molecular formula is C44H51NO6S. The highest BCUT2D eigenvalue weighted by atomic mass is 32.2. The highest BCUT2D eigenvalue weighted by Crippen LogP contribution is 2.50. The Bertz CT molecular complexity index is 1920. The summed E-state index contributed by atoms with van der Waals surface area (Å²) in [6, 6.07) is 34.1. The summed E-state index contributed by atoms with van der Waals surface area (Å²) in [6.45, 7) is 11.0. The molecule has 7 nitrogen and oxygen atoms in total. The summed E-state index contributed by atoms with van der Waals surface area (Å²) in [5.41, 5.74) is 6.22. The third-order valence-corrected chi connectivity index (χ3v) is 12.5. The van der Waals surface area contributed by atoms with Crippen LogP contribution in [0.25, 0.3) is 11.1 Å². The molecule has 0 aliphatic carbocycles. The number of nitrogens with zero attached hydrogens (tertiary/aromatic N) is 1. The van der Waals surface area contributed by atoms with Gasteiger partial charge in [0.25, 0.3) is 0 Å². The van der Waals surface area contributed by atoms with Gasteiger partial charge in [-0.25, -0.2) is 13.2 Å². The number of aliphatic carboxylic acids is 1. The number of rotatable bonds is 13. The lowest BCUT2D eigenvalue weighted by Gasteiger charge is -2.44. The van der Waals surface area contributed by atoms with E-state index in [9.17, 15) is 18.3 Å². The fraction of sp³-hybridized carbons (Fsp3) is 0.386. The van der Waals surface area contributed by atoms with Gasteiger partial charge in [0.2, 0.25) is 10.0 Å². The Labute approximate surface area is 309 Å². The second kappa shape index (κ2) is 16.6. The largest absolute Gasteiger partial charge is 0.482 e. The Morgan fingerprint density at radius 3 is 2.17 bits per heavy atom. The van der Waals surface area contributed by atoms with Gasteiger partial charge in [0.05, 0.1) is 17.1 Å². The molecule has 2 heterocycles. The molecule has 2 saturated heterocycles. The van der Waals surface area contributed by atoms with E-state index in [4.69, 9.17) is 9.47 Å². The molecule has 0 saturated carbocycles. The zero-order chi connectivity index (χ0) is 36.8. The summed E-state index contributed by atoms with van der Waals surface area (Å²) in [5.74, 6) is -0.119. The normalized spacial score (nSPS) is 21.5. The van der Waals surface area contributed by atoms with Crippen LogP contribution < -0.4 is 4.74 Å². The zero-order valence-corrected chi connectivity index (χ0v) is 31.3.